The van der Waals surface area contributed by atoms with Crippen molar-refractivity contribution in [1.82, 2.24) is 5.32 Å². The van der Waals surface area contributed by atoms with Crippen LogP contribution in [-0.2, 0) is 6.42 Å². The minimum atomic E-state index is 0.574. The maximum atomic E-state index is 6.13. The summed E-state index contributed by atoms with van der Waals surface area (Å²) in [5.74, 6) is 0. The second kappa shape index (κ2) is 7.44. The predicted octanol–water partition coefficient (Wildman–Crippen LogP) is 5.66. The molecule has 0 atom stereocenters. The number of rotatable bonds is 6. The highest BCUT2D eigenvalue weighted by Gasteiger charge is 2.31. The highest BCUT2D eigenvalue weighted by molar-refractivity contribution is 9.10. The summed E-state index contributed by atoms with van der Waals surface area (Å²) in [6, 6.07) is 2.20. The predicted molar refractivity (Wildman–Crippen MR) is 89.4 cm³/mol. The van der Waals surface area contributed by atoms with Crippen LogP contribution >= 0.6 is 38.9 Å². The van der Waals surface area contributed by atoms with Gasteiger partial charge in [0.1, 0.15) is 4.34 Å². The third-order valence-corrected chi connectivity index (χ3v) is 6.95. The summed E-state index contributed by atoms with van der Waals surface area (Å²) >= 11 is 11.4. The SMILES string of the molecule is CNCCC1(CCc2cc(Br)c(Cl)s2)CCCCC1. The Morgan fingerprint density at radius 2 is 2.05 bits per heavy atom. The van der Waals surface area contributed by atoms with Crippen molar-refractivity contribution < 1.29 is 0 Å². The molecule has 0 amide bonds. The summed E-state index contributed by atoms with van der Waals surface area (Å²) in [4.78, 5) is 1.42. The fourth-order valence-corrected chi connectivity index (χ4v) is 5.01. The van der Waals surface area contributed by atoms with E-state index in [0.29, 0.717) is 5.41 Å². The molecule has 4 heteroatoms. The molecule has 1 aliphatic carbocycles. The number of nitrogens with one attached hydrogen (secondary N) is 1. The molecule has 0 aliphatic heterocycles. The molecule has 108 valence electrons. The Labute approximate surface area is 134 Å². The average Bonchev–Trinajstić information content (AvgIpc) is 2.75. The minimum Gasteiger partial charge on any atom is -0.320 e. The first kappa shape index (κ1) is 15.8. The van der Waals surface area contributed by atoms with Gasteiger partial charge in [0, 0.05) is 9.35 Å². The lowest BCUT2D eigenvalue weighted by molar-refractivity contribution is 0.158. The van der Waals surface area contributed by atoms with Gasteiger partial charge in [0.15, 0.2) is 0 Å². The first-order valence-electron chi connectivity index (χ1n) is 7.23. The van der Waals surface area contributed by atoms with Gasteiger partial charge in [-0.1, -0.05) is 30.9 Å². The Hall–Kier alpha value is 0.430. The monoisotopic (exact) mass is 363 g/mol. The minimum absolute atomic E-state index is 0.574. The molecule has 0 unspecified atom stereocenters. The Morgan fingerprint density at radius 3 is 2.63 bits per heavy atom. The second-order valence-corrected chi connectivity index (χ2v) is 8.34. The molecular weight excluding hydrogens is 342 g/mol. The van der Waals surface area contributed by atoms with Gasteiger partial charge < -0.3 is 5.32 Å². The first-order valence-corrected chi connectivity index (χ1v) is 9.22. The van der Waals surface area contributed by atoms with Crippen LogP contribution in [0, 0.1) is 5.41 Å². The van der Waals surface area contributed by atoms with Gasteiger partial charge in [0.2, 0.25) is 0 Å². The van der Waals surface area contributed by atoms with E-state index in [2.05, 4.69) is 34.4 Å². The van der Waals surface area contributed by atoms with E-state index < -0.39 is 0 Å². The Balaban J connectivity index is 1.95. The van der Waals surface area contributed by atoms with E-state index in [1.807, 2.05) is 0 Å². The van der Waals surface area contributed by atoms with Gasteiger partial charge in [-0.2, -0.15) is 0 Å². The van der Waals surface area contributed by atoms with Crippen molar-refractivity contribution in [2.45, 2.75) is 51.4 Å². The molecule has 0 saturated heterocycles. The summed E-state index contributed by atoms with van der Waals surface area (Å²) in [6.45, 7) is 1.15. The van der Waals surface area contributed by atoms with Crippen molar-refractivity contribution in [3.05, 3.63) is 19.8 Å². The first-order chi connectivity index (χ1) is 9.15. The molecule has 1 saturated carbocycles. The average molecular weight is 365 g/mol. The molecule has 0 bridgehead atoms. The van der Waals surface area contributed by atoms with E-state index in [0.717, 1.165) is 15.4 Å². The molecule has 0 aromatic carbocycles. The fraction of sp³-hybridized carbons (Fsp3) is 0.733. The Bertz CT molecular complexity index is 379. The molecule has 1 aliphatic rings. The number of halogens is 2. The lowest BCUT2D eigenvalue weighted by atomic mass is 9.69. The van der Waals surface area contributed by atoms with Crippen LogP contribution in [0.15, 0.2) is 10.5 Å². The molecule has 19 heavy (non-hydrogen) atoms. The van der Waals surface area contributed by atoms with Gasteiger partial charge in [0.25, 0.3) is 0 Å². The molecule has 1 fully saturated rings. The van der Waals surface area contributed by atoms with Crippen LogP contribution in [0.25, 0.3) is 0 Å². The lowest BCUT2D eigenvalue weighted by Gasteiger charge is -2.37. The van der Waals surface area contributed by atoms with Crippen molar-refractivity contribution in [2.24, 2.45) is 5.41 Å². The maximum Gasteiger partial charge on any atom is 0.107 e. The van der Waals surface area contributed by atoms with Gasteiger partial charge in [0.05, 0.1) is 0 Å². The number of hydrogen-bond donors (Lipinski definition) is 1. The molecule has 1 aromatic rings. The van der Waals surface area contributed by atoms with Gasteiger partial charge in [-0.05, 0) is 73.1 Å². The zero-order chi connectivity index (χ0) is 13.7. The van der Waals surface area contributed by atoms with Gasteiger partial charge in [-0.15, -0.1) is 11.3 Å². The Kier molecular flexibility index (Phi) is 6.19. The highest BCUT2D eigenvalue weighted by Crippen LogP contribution is 2.44. The quantitative estimate of drug-likeness (QED) is 0.687. The van der Waals surface area contributed by atoms with E-state index in [4.69, 9.17) is 11.6 Å². The topological polar surface area (TPSA) is 12.0 Å². The zero-order valence-electron chi connectivity index (χ0n) is 11.6. The molecule has 1 N–H and O–H groups in total. The third kappa shape index (κ3) is 4.45. The van der Waals surface area contributed by atoms with E-state index in [1.54, 1.807) is 11.3 Å². The van der Waals surface area contributed by atoms with Crippen LogP contribution in [0.2, 0.25) is 4.34 Å². The normalized spacial score (nSPS) is 18.7. The summed E-state index contributed by atoms with van der Waals surface area (Å²) in [5.41, 5.74) is 0.574. The van der Waals surface area contributed by atoms with Crippen LogP contribution in [0.5, 0.6) is 0 Å². The largest absolute Gasteiger partial charge is 0.320 e. The molecule has 1 nitrogen and oxygen atoms in total. The lowest BCUT2D eigenvalue weighted by Crippen LogP contribution is -2.28. The molecular formula is C15H23BrClNS. The molecule has 2 rings (SSSR count). The van der Waals surface area contributed by atoms with Crippen molar-refractivity contribution in [2.75, 3.05) is 13.6 Å². The smallest absolute Gasteiger partial charge is 0.107 e. The van der Waals surface area contributed by atoms with Crippen LogP contribution in [0.3, 0.4) is 0 Å². The van der Waals surface area contributed by atoms with Crippen LogP contribution < -0.4 is 5.32 Å². The van der Waals surface area contributed by atoms with Crippen LogP contribution in [-0.4, -0.2) is 13.6 Å². The summed E-state index contributed by atoms with van der Waals surface area (Å²) in [7, 11) is 2.06. The van der Waals surface area contributed by atoms with E-state index >= 15 is 0 Å². The van der Waals surface area contributed by atoms with E-state index in [-0.39, 0.29) is 0 Å². The van der Waals surface area contributed by atoms with Gasteiger partial charge in [-0.25, -0.2) is 0 Å². The summed E-state index contributed by atoms with van der Waals surface area (Å²) in [5, 5.41) is 3.33. The van der Waals surface area contributed by atoms with Crippen molar-refractivity contribution >= 4 is 38.9 Å². The molecule has 1 heterocycles. The number of hydrogen-bond acceptors (Lipinski definition) is 2. The second-order valence-electron chi connectivity index (χ2n) is 5.75. The van der Waals surface area contributed by atoms with Crippen molar-refractivity contribution in [3.8, 4) is 0 Å². The highest BCUT2D eigenvalue weighted by atomic mass is 79.9. The molecule has 1 aromatic heterocycles. The zero-order valence-corrected chi connectivity index (χ0v) is 14.8. The summed E-state index contributed by atoms with van der Waals surface area (Å²) in [6.07, 6.45) is 10.9. The van der Waals surface area contributed by atoms with E-state index in [9.17, 15) is 0 Å². The summed E-state index contributed by atoms with van der Waals surface area (Å²) < 4.78 is 1.95. The van der Waals surface area contributed by atoms with E-state index in [1.165, 1.54) is 56.2 Å². The Morgan fingerprint density at radius 1 is 1.32 bits per heavy atom. The third-order valence-electron chi connectivity index (χ3n) is 4.42. The number of thiophene rings is 1. The molecule has 0 spiro atoms. The van der Waals surface area contributed by atoms with Crippen LogP contribution in [0.1, 0.15) is 49.8 Å². The fourth-order valence-electron chi connectivity index (χ4n) is 3.22. The van der Waals surface area contributed by atoms with Crippen LogP contribution in [0.4, 0.5) is 0 Å². The van der Waals surface area contributed by atoms with Crippen molar-refractivity contribution in [3.63, 3.8) is 0 Å². The van der Waals surface area contributed by atoms with Gasteiger partial charge in [-0.3, -0.25) is 0 Å². The van der Waals surface area contributed by atoms with Crippen molar-refractivity contribution in [1.29, 1.82) is 0 Å². The standard InChI is InChI=1S/C15H23BrClNS/c1-18-10-9-15(6-3-2-4-7-15)8-5-12-11-13(16)14(17)19-12/h11,18H,2-10H2,1H3. The maximum absolute atomic E-state index is 6.13. The molecule has 0 radical (unpaired) electrons. The van der Waals surface area contributed by atoms with Gasteiger partial charge >= 0.3 is 0 Å². The number of aryl methyl sites for hydroxylation is 1.